The van der Waals surface area contributed by atoms with Crippen LogP contribution in [-0.4, -0.2) is 16.7 Å². The van der Waals surface area contributed by atoms with E-state index >= 15 is 0 Å². The fourth-order valence-corrected chi connectivity index (χ4v) is 1.03. The van der Waals surface area contributed by atoms with Gasteiger partial charge in [-0.2, -0.15) is 0 Å². The quantitative estimate of drug-likeness (QED) is 0.670. The van der Waals surface area contributed by atoms with E-state index in [0.717, 1.165) is 5.01 Å². The maximum absolute atomic E-state index is 8.36. The highest BCUT2D eigenvalue weighted by atomic mass is 32.1. The smallest absolute Gasteiger partial charge is 0.115 e. The number of aliphatic hydroxyl groups is 1. The number of thiazole rings is 1. The Balaban J connectivity index is 2.57. The third-order valence-electron chi connectivity index (χ3n) is 0.817. The molecule has 0 aromatic carbocycles. The standard InChI is InChI=1S/C6H7NOS/c8-4-1-2-6-7-3-5-9-6/h1-3,5,8H,4H2/b2-1+. The molecule has 1 N–H and O–H groups in total. The van der Waals surface area contributed by atoms with Crippen LogP contribution < -0.4 is 0 Å². The van der Waals surface area contributed by atoms with Gasteiger partial charge in [0.05, 0.1) is 6.61 Å². The van der Waals surface area contributed by atoms with Crippen molar-refractivity contribution in [3.05, 3.63) is 22.7 Å². The minimum absolute atomic E-state index is 0.0829. The lowest BCUT2D eigenvalue weighted by atomic mass is 10.5. The predicted octanol–water partition coefficient (Wildman–Crippen LogP) is 1.15. The van der Waals surface area contributed by atoms with Gasteiger partial charge in [-0.3, -0.25) is 0 Å². The Morgan fingerprint density at radius 3 is 3.22 bits per heavy atom. The molecule has 2 nitrogen and oxygen atoms in total. The van der Waals surface area contributed by atoms with Gasteiger partial charge in [-0.15, -0.1) is 11.3 Å². The van der Waals surface area contributed by atoms with Crippen LogP contribution in [0.1, 0.15) is 5.01 Å². The van der Waals surface area contributed by atoms with E-state index in [1.54, 1.807) is 29.7 Å². The third kappa shape index (κ3) is 1.95. The molecule has 3 heteroatoms. The van der Waals surface area contributed by atoms with Gasteiger partial charge in [-0.25, -0.2) is 4.98 Å². The summed E-state index contributed by atoms with van der Waals surface area (Å²) < 4.78 is 0. The first-order valence-electron chi connectivity index (χ1n) is 2.60. The van der Waals surface area contributed by atoms with Crippen molar-refractivity contribution in [3.63, 3.8) is 0 Å². The van der Waals surface area contributed by atoms with Crippen LogP contribution in [0.15, 0.2) is 17.7 Å². The predicted molar refractivity (Wildman–Crippen MR) is 38.2 cm³/mol. The van der Waals surface area contributed by atoms with Crippen molar-refractivity contribution in [2.45, 2.75) is 0 Å². The molecule has 0 radical (unpaired) electrons. The Bertz CT molecular complexity index is 181. The molecule has 0 amide bonds. The summed E-state index contributed by atoms with van der Waals surface area (Å²) in [7, 11) is 0. The summed E-state index contributed by atoms with van der Waals surface area (Å²) in [6, 6.07) is 0. The largest absolute Gasteiger partial charge is 0.392 e. The van der Waals surface area contributed by atoms with Crippen LogP contribution in [0.3, 0.4) is 0 Å². The second kappa shape index (κ2) is 3.37. The third-order valence-corrected chi connectivity index (χ3v) is 1.56. The number of aliphatic hydroxyl groups excluding tert-OH is 1. The zero-order valence-electron chi connectivity index (χ0n) is 4.82. The Hall–Kier alpha value is -0.670. The molecule has 0 bridgehead atoms. The van der Waals surface area contributed by atoms with Gasteiger partial charge in [0.1, 0.15) is 5.01 Å². The molecule has 0 aliphatic heterocycles. The zero-order chi connectivity index (χ0) is 6.53. The van der Waals surface area contributed by atoms with Crippen LogP contribution >= 0.6 is 11.3 Å². The lowest BCUT2D eigenvalue weighted by Crippen LogP contribution is -1.70. The van der Waals surface area contributed by atoms with Crippen molar-refractivity contribution >= 4 is 17.4 Å². The molecule has 0 aliphatic rings. The zero-order valence-corrected chi connectivity index (χ0v) is 5.64. The summed E-state index contributed by atoms with van der Waals surface area (Å²) in [5.41, 5.74) is 0. The van der Waals surface area contributed by atoms with Crippen molar-refractivity contribution in [1.29, 1.82) is 0 Å². The highest BCUT2D eigenvalue weighted by Gasteiger charge is 1.83. The minimum atomic E-state index is 0.0829. The van der Waals surface area contributed by atoms with E-state index in [-0.39, 0.29) is 6.61 Å². The van der Waals surface area contributed by atoms with E-state index in [9.17, 15) is 0 Å². The Morgan fingerprint density at radius 2 is 2.67 bits per heavy atom. The number of hydrogen-bond donors (Lipinski definition) is 1. The SMILES string of the molecule is OC/C=C/c1nccs1. The molecular formula is C6H7NOS. The summed E-state index contributed by atoms with van der Waals surface area (Å²) >= 11 is 1.55. The highest BCUT2D eigenvalue weighted by molar-refractivity contribution is 7.10. The van der Waals surface area contributed by atoms with Crippen molar-refractivity contribution in [2.75, 3.05) is 6.61 Å². The van der Waals surface area contributed by atoms with Gasteiger partial charge in [-0.1, -0.05) is 6.08 Å². The van der Waals surface area contributed by atoms with Crippen LogP contribution in [0.25, 0.3) is 6.08 Å². The van der Waals surface area contributed by atoms with Crippen molar-refractivity contribution < 1.29 is 5.11 Å². The highest BCUT2D eigenvalue weighted by Crippen LogP contribution is 2.04. The Labute approximate surface area is 57.5 Å². The summed E-state index contributed by atoms with van der Waals surface area (Å²) in [6.07, 6.45) is 5.20. The van der Waals surface area contributed by atoms with E-state index in [1.165, 1.54) is 0 Å². The fourth-order valence-electron chi connectivity index (χ4n) is 0.470. The summed E-state index contributed by atoms with van der Waals surface area (Å²) in [5, 5.41) is 11.2. The number of hydrogen-bond acceptors (Lipinski definition) is 3. The molecule has 0 unspecified atom stereocenters. The van der Waals surface area contributed by atoms with Gasteiger partial charge >= 0.3 is 0 Å². The van der Waals surface area contributed by atoms with Crippen LogP contribution in [0.5, 0.6) is 0 Å². The monoisotopic (exact) mass is 141 g/mol. The molecule has 1 aromatic heterocycles. The van der Waals surface area contributed by atoms with Crippen molar-refractivity contribution in [3.8, 4) is 0 Å². The van der Waals surface area contributed by atoms with E-state index in [0.29, 0.717) is 0 Å². The van der Waals surface area contributed by atoms with E-state index in [1.807, 2.05) is 5.38 Å². The molecule has 0 saturated carbocycles. The van der Waals surface area contributed by atoms with Crippen LogP contribution in [0, 0.1) is 0 Å². The average Bonchev–Trinajstić information content (AvgIpc) is 2.34. The molecule has 0 saturated heterocycles. The first-order valence-corrected chi connectivity index (χ1v) is 3.48. The average molecular weight is 141 g/mol. The van der Waals surface area contributed by atoms with Gasteiger partial charge in [0.25, 0.3) is 0 Å². The van der Waals surface area contributed by atoms with E-state index in [4.69, 9.17) is 5.11 Å². The molecular weight excluding hydrogens is 134 g/mol. The maximum atomic E-state index is 8.36. The Kier molecular flexibility index (Phi) is 2.42. The second-order valence-corrected chi connectivity index (χ2v) is 2.38. The summed E-state index contributed by atoms with van der Waals surface area (Å²) in [4.78, 5) is 3.97. The molecule has 9 heavy (non-hydrogen) atoms. The summed E-state index contributed by atoms with van der Waals surface area (Å²) in [6.45, 7) is 0.0829. The number of nitrogens with zero attached hydrogens (tertiary/aromatic N) is 1. The number of aromatic nitrogens is 1. The van der Waals surface area contributed by atoms with Gasteiger partial charge in [0.15, 0.2) is 0 Å². The molecule has 0 spiro atoms. The molecule has 1 rings (SSSR count). The van der Waals surface area contributed by atoms with Gasteiger partial charge in [0.2, 0.25) is 0 Å². The van der Waals surface area contributed by atoms with Crippen LogP contribution in [0.2, 0.25) is 0 Å². The minimum Gasteiger partial charge on any atom is -0.392 e. The molecule has 1 aromatic rings. The van der Waals surface area contributed by atoms with Gasteiger partial charge < -0.3 is 5.11 Å². The van der Waals surface area contributed by atoms with Crippen molar-refractivity contribution in [2.24, 2.45) is 0 Å². The normalized spacial score (nSPS) is 10.8. The molecule has 0 atom stereocenters. The van der Waals surface area contributed by atoms with Crippen LogP contribution in [-0.2, 0) is 0 Å². The van der Waals surface area contributed by atoms with E-state index < -0.39 is 0 Å². The molecule has 0 fully saturated rings. The van der Waals surface area contributed by atoms with Gasteiger partial charge in [-0.05, 0) is 6.08 Å². The second-order valence-electron chi connectivity index (χ2n) is 1.46. The topological polar surface area (TPSA) is 33.1 Å². The number of rotatable bonds is 2. The fraction of sp³-hybridized carbons (Fsp3) is 0.167. The first-order chi connectivity index (χ1) is 4.43. The van der Waals surface area contributed by atoms with Gasteiger partial charge in [0, 0.05) is 11.6 Å². The molecule has 0 aliphatic carbocycles. The summed E-state index contributed by atoms with van der Waals surface area (Å²) in [5.74, 6) is 0. The lowest BCUT2D eigenvalue weighted by molar-refractivity contribution is 0.343. The first kappa shape index (κ1) is 6.45. The van der Waals surface area contributed by atoms with Crippen molar-refractivity contribution in [1.82, 2.24) is 4.98 Å². The lowest BCUT2D eigenvalue weighted by Gasteiger charge is -1.77. The van der Waals surface area contributed by atoms with E-state index in [2.05, 4.69) is 4.98 Å². The maximum Gasteiger partial charge on any atom is 0.115 e. The van der Waals surface area contributed by atoms with Crippen LogP contribution in [0.4, 0.5) is 0 Å². The molecule has 1 heterocycles. The molecule has 48 valence electrons. The Morgan fingerprint density at radius 1 is 1.78 bits per heavy atom.